The lowest BCUT2D eigenvalue weighted by atomic mass is 9.95. The fourth-order valence-electron chi connectivity index (χ4n) is 4.80. The topological polar surface area (TPSA) is 95.6 Å². The molecule has 2 amide bonds. The minimum absolute atomic E-state index is 0.0649. The molecule has 34 heavy (non-hydrogen) atoms. The second-order valence-corrected chi connectivity index (χ2v) is 11.0. The van der Waals surface area contributed by atoms with Crippen molar-refractivity contribution in [3.8, 4) is 0 Å². The first-order valence-electron chi connectivity index (χ1n) is 12.2. The van der Waals surface area contributed by atoms with Gasteiger partial charge >= 0.3 is 0 Å². The molecule has 2 aromatic carbocycles. The number of carbonyl (C=O) groups excluding carboxylic acids is 2. The molecule has 2 aliphatic rings. The smallest absolute Gasteiger partial charge is 0.261 e. The molecule has 0 spiro atoms. The Balaban J connectivity index is 1.35. The van der Waals surface area contributed by atoms with Crippen LogP contribution in [0.3, 0.4) is 0 Å². The maximum Gasteiger partial charge on any atom is 0.261 e. The van der Waals surface area contributed by atoms with Crippen LogP contribution < -0.4 is 10.0 Å². The van der Waals surface area contributed by atoms with Gasteiger partial charge in [-0.3, -0.25) is 14.3 Å². The van der Waals surface area contributed by atoms with Crippen LogP contribution in [0.1, 0.15) is 61.7 Å². The van der Waals surface area contributed by atoms with E-state index < -0.39 is 10.0 Å². The van der Waals surface area contributed by atoms with E-state index in [1.807, 2.05) is 0 Å². The third-order valence-electron chi connectivity index (χ3n) is 6.72. The van der Waals surface area contributed by atoms with E-state index in [9.17, 15) is 18.0 Å². The molecule has 4 rings (SSSR count). The maximum absolute atomic E-state index is 13.1. The standard InChI is InChI=1S/C26H33N3O4S/c30-25(27-22-10-4-1-2-5-11-22)21-9-8-18-29(19-21)26(31)20-14-16-23(17-15-20)28-34(32,33)24-12-6-3-7-13-24/h3,6-7,12-17,21-22,28H,1-2,4-5,8-11,18-19H2,(H,27,30)/t21-/m0/s1. The molecule has 182 valence electrons. The average molecular weight is 484 g/mol. The highest BCUT2D eigenvalue weighted by Crippen LogP contribution is 2.23. The van der Waals surface area contributed by atoms with Crippen molar-refractivity contribution >= 4 is 27.5 Å². The molecule has 0 aromatic heterocycles. The molecule has 0 bridgehead atoms. The Bertz CT molecular complexity index is 1080. The van der Waals surface area contributed by atoms with Gasteiger partial charge in [0.2, 0.25) is 5.91 Å². The number of rotatable bonds is 6. The minimum Gasteiger partial charge on any atom is -0.353 e. The number of hydrogen-bond acceptors (Lipinski definition) is 4. The first kappa shape index (κ1) is 24.3. The van der Waals surface area contributed by atoms with Crippen LogP contribution in [0.2, 0.25) is 0 Å². The monoisotopic (exact) mass is 483 g/mol. The Labute approximate surface area is 202 Å². The number of sulfonamides is 1. The number of anilines is 1. The zero-order chi connectivity index (χ0) is 24.0. The number of amides is 2. The summed E-state index contributed by atoms with van der Waals surface area (Å²) in [5, 5.41) is 3.23. The Morgan fingerprint density at radius 2 is 1.50 bits per heavy atom. The molecule has 1 aliphatic carbocycles. The van der Waals surface area contributed by atoms with E-state index in [-0.39, 0.29) is 28.7 Å². The summed E-state index contributed by atoms with van der Waals surface area (Å²) >= 11 is 0. The normalized spacial score (nSPS) is 19.8. The van der Waals surface area contributed by atoms with Gasteiger partial charge < -0.3 is 10.2 Å². The molecule has 2 aromatic rings. The number of hydrogen-bond donors (Lipinski definition) is 2. The SMILES string of the molecule is O=C(NC1CCCCCC1)[C@H]1CCCN(C(=O)c2ccc(NS(=O)(=O)c3ccccc3)cc2)C1. The summed E-state index contributed by atoms with van der Waals surface area (Å²) in [5.74, 6) is -0.252. The van der Waals surface area contributed by atoms with Gasteiger partial charge in [0.15, 0.2) is 0 Å². The summed E-state index contributed by atoms with van der Waals surface area (Å²) < 4.78 is 27.6. The highest BCUT2D eigenvalue weighted by molar-refractivity contribution is 7.92. The molecule has 1 saturated carbocycles. The number of piperidine rings is 1. The lowest BCUT2D eigenvalue weighted by Crippen LogP contribution is -2.47. The number of nitrogens with one attached hydrogen (secondary N) is 2. The van der Waals surface area contributed by atoms with Gasteiger partial charge in [0.05, 0.1) is 10.8 Å². The highest BCUT2D eigenvalue weighted by atomic mass is 32.2. The minimum atomic E-state index is -3.69. The predicted octanol–water partition coefficient (Wildman–Crippen LogP) is 4.18. The largest absolute Gasteiger partial charge is 0.353 e. The van der Waals surface area contributed by atoms with Gasteiger partial charge in [0.25, 0.3) is 15.9 Å². The molecule has 2 fully saturated rings. The van der Waals surface area contributed by atoms with Crippen LogP contribution >= 0.6 is 0 Å². The Hall–Kier alpha value is -2.87. The van der Waals surface area contributed by atoms with Crippen molar-refractivity contribution in [3.63, 3.8) is 0 Å². The van der Waals surface area contributed by atoms with E-state index in [0.29, 0.717) is 24.3 Å². The Kier molecular flexibility index (Phi) is 7.88. The molecule has 0 radical (unpaired) electrons. The molecule has 1 saturated heterocycles. The molecule has 1 aliphatic heterocycles. The summed E-state index contributed by atoms with van der Waals surface area (Å²) in [5.41, 5.74) is 0.868. The maximum atomic E-state index is 13.1. The average Bonchev–Trinajstić information content (AvgIpc) is 3.13. The van der Waals surface area contributed by atoms with Crippen molar-refractivity contribution < 1.29 is 18.0 Å². The van der Waals surface area contributed by atoms with E-state index in [0.717, 1.165) is 38.5 Å². The van der Waals surface area contributed by atoms with Gasteiger partial charge in [0, 0.05) is 30.4 Å². The van der Waals surface area contributed by atoms with Gasteiger partial charge in [-0.15, -0.1) is 0 Å². The molecule has 2 N–H and O–H groups in total. The van der Waals surface area contributed by atoms with E-state index in [4.69, 9.17) is 0 Å². The fraction of sp³-hybridized carbons (Fsp3) is 0.462. The molecular weight excluding hydrogens is 450 g/mol. The van der Waals surface area contributed by atoms with Crippen LogP contribution in [-0.2, 0) is 14.8 Å². The van der Waals surface area contributed by atoms with Crippen molar-refractivity contribution in [1.82, 2.24) is 10.2 Å². The van der Waals surface area contributed by atoms with Crippen molar-refractivity contribution in [2.24, 2.45) is 5.92 Å². The first-order chi connectivity index (χ1) is 16.4. The van der Waals surface area contributed by atoms with Crippen LogP contribution in [0.4, 0.5) is 5.69 Å². The quantitative estimate of drug-likeness (QED) is 0.603. The van der Waals surface area contributed by atoms with Crippen LogP contribution in [0.5, 0.6) is 0 Å². The van der Waals surface area contributed by atoms with Crippen LogP contribution in [0.15, 0.2) is 59.5 Å². The first-order valence-corrected chi connectivity index (χ1v) is 13.7. The third kappa shape index (κ3) is 6.17. The van der Waals surface area contributed by atoms with Gasteiger partial charge in [0.1, 0.15) is 0 Å². The third-order valence-corrected chi connectivity index (χ3v) is 8.12. The number of nitrogens with zero attached hydrogens (tertiary/aromatic N) is 1. The number of benzene rings is 2. The second-order valence-electron chi connectivity index (χ2n) is 9.28. The number of likely N-dealkylation sites (tertiary alicyclic amines) is 1. The molecular formula is C26H33N3O4S. The van der Waals surface area contributed by atoms with E-state index >= 15 is 0 Å². The Morgan fingerprint density at radius 3 is 2.18 bits per heavy atom. The van der Waals surface area contributed by atoms with Crippen LogP contribution in [0.25, 0.3) is 0 Å². The van der Waals surface area contributed by atoms with E-state index in [1.165, 1.54) is 25.0 Å². The van der Waals surface area contributed by atoms with Crippen molar-refractivity contribution in [2.75, 3.05) is 17.8 Å². The predicted molar refractivity (Wildman–Crippen MR) is 132 cm³/mol. The Morgan fingerprint density at radius 1 is 0.824 bits per heavy atom. The summed E-state index contributed by atoms with van der Waals surface area (Å²) in [6.45, 7) is 1.04. The van der Waals surface area contributed by atoms with E-state index in [2.05, 4.69) is 10.0 Å². The van der Waals surface area contributed by atoms with Gasteiger partial charge in [-0.2, -0.15) is 0 Å². The van der Waals surface area contributed by atoms with E-state index in [1.54, 1.807) is 47.4 Å². The summed E-state index contributed by atoms with van der Waals surface area (Å²) in [4.78, 5) is 27.9. The summed E-state index contributed by atoms with van der Waals surface area (Å²) in [6, 6.07) is 14.8. The highest BCUT2D eigenvalue weighted by Gasteiger charge is 2.30. The zero-order valence-corrected chi connectivity index (χ0v) is 20.2. The fourth-order valence-corrected chi connectivity index (χ4v) is 5.88. The van der Waals surface area contributed by atoms with Gasteiger partial charge in [-0.05, 0) is 62.1 Å². The van der Waals surface area contributed by atoms with Gasteiger partial charge in [-0.25, -0.2) is 8.42 Å². The lowest BCUT2D eigenvalue weighted by molar-refractivity contribution is -0.127. The molecule has 7 nitrogen and oxygen atoms in total. The molecule has 1 heterocycles. The molecule has 1 atom stereocenters. The van der Waals surface area contributed by atoms with Crippen molar-refractivity contribution in [2.45, 2.75) is 62.3 Å². The lowest BCUT2D eigenvalue weighted by Gasteiger charge is -2.33. The van der Waals surface area contributed by atoms with Crippen LogP contribution in [0, 0.1) is 5.92 Å². The van der Waals surface area contributed by atoms with Crippen molar-refractivity contribution in [3.05, 3.63) is 60.2 Å². The van der Waals surface area contributed by atoms with Crippen LogP contribution in [-0.4, -0.2) is 44.3 Å². The zero-order valence-electron chi connectivity index (χ0n) is 19.4. The summed E-state index contributed by atoms with van der Waals surface area (Å²) in [7, 11) is -3.69. The number of carbonyl (C=O) groups is 2. The molecule has 0 unspecified atom stereocenters. The summed E-state index contributed by atoms with van der Waals surface area (Å²) in [6.07, 6.45) is 8.49. The second kappa shape index (κ2) is 11.0. The van der Waals surface area contributed by atoms with Gasteiger partial charge in [-0.1, -0.05) is 43.9 Å². The molecule has 8 heteroatoms. The van der Waals surface area contributed by atoms with Crippen molar-refractivity contribution in [1.29, 1.82) is 0 Å².